The van der Waals surface area contributed by atoms with Crippen LogP contribution in [0.15, 0.2) is 12.3 Å². The Labute approximate surface area is 113 Å². The molecule has 0 aliphatic rings. The third kappa shape index (κ3) is 6.90. The van der Waals surface area contributed by atoms with Gasteiger partial charge in [-0.15, -0.1) is 0 Å². The topological polar surface area (TPSA) is 71.4 Å². The van der Waals surface area contributed by atoms with Crippen LogP contribution in [0.25, 0.3) is 0 Å². The molecule has 2 N–H and O–H groups in total. The minimum absolute atomic E-state index is 0.103. The van der Waals surface area contributed by atoms with Crippen molar-refractivity contribution in [2.75, 3.05) is 52.8 Å². The molecule has 1 aromatic heterocycles. The Hall–Kier alpha value is -1.44. The van der Waals surface area contributed by atoms with E-state index in [4.69, 9.17) is 4.74 Å². The van der Waals surface area contributed by atoms with Crippen molar-refractivity contribution in [3.05, 3.63) is 12.3 Å². The van der Waals surface area contributed by atoms with E-state index >= 15 is 0 Å². The van der Waals surface area contributed by atoms with Gasteiger partial charge >= 0.3 is 0 Å². The van der Waals surface area contributed by atoms with Crippen molar-refractivity contribution in [3.8, 4) is 0 Å². The van der Waals surface area contributed by atoms with Crippen molar-refractivity contribution in [3.63, 3.8) is 0 Å². The molecule has 1 rings (SSSR count). The lowest BCUT2D eigenvalue weighted by Gasteiger charge is -2.08. The highest BCUT2D eigenvalue weighted by Crippen LogP contribution is 2.01. The Morgan fingerprint density at radius 2 is 2.32 bits per heavy atom. The van der Waals surface area contributed by atoms with Crippen LogP contribution in [0.5, 0.6) is 0 Å². The van der Waals surface area contributed by atoms with E-state index in [0.717, 1.165) is 13.1 Å². The first-order valence-electron chi connectivity index (χ1n) is 6.29. The molecule has 0 atom stereocenters. The predicted molar refractivity (Wildman–Crippen MR) is 74.2 cm³/mol. The number of hydrogen-bond acceptors (Lipinski definition) is 5. The Morgan fingerprint density at radius 3 is 3.00 bits per heavy atom. The lowest BCUT2D eigenvalue weighted by molar-refractivity contribution is -0.115. The molecule has 0 aliphatic carbocycles. The fourth-order valence-corrected chi connectivity index (χ4v) is 1.42. The lowest BCUT2D eigenvalue weighted by Crippen LogP contribution is -2.30. The number of likely N-dealkylation sites (N-methyl/N-ethyl adjacent to an activating group) is 1. The summed E-state index contributed by atoms with van der Waals surface area (Å²) in [7, 11) is 5.65. The highest BCUT2D eigenvalue weighted by molar-refractivity contribution is 5.91. The average Bonchev–Trinajstić information content (AvgIpc) is 2.80. The lowest BCUT2D eigenvalue weighted by atomic mass is 10.5. The molecule has 0 radical (unpaired) electrons. The van der Waals surface area contributed by atoms with Gasteiger partial charge in [0.05, 0.1) is 19.7 Å². The van der Waals surface area contributed by atoms with Crippen LogP contribution in [-0.4, -0.2) is 68.0 Å². The highest BCUT2D eigenvalue weighted by atomic mass is 16.5. The number of carbonyl (C=O) groups excluding carboxylic acids is 1. The van der Waals surface area contributed by atoms with Gasteiger partial charge in [-0.3, -0.25) is 9.48 Å². The van der Waals surface area contributed by atoms with Crippen LogP contribution >= 0.6 is 0 Å². The maximum Gasteiger partial charge on any atom is 0.239 e. The molecular weight excluding hydrogens is 246 g/mol. The number of hydrogen-bond donors (Lipinski definition) is 2. The molecule has 0 unspecified atom stereocenters. The number of anilines is 1. The molecule has 0 aliphatic heterocycles. The van der Waals surface area contributed by atoms with Crippen LogP contribution in [0.4, 0.5) is 5.82 Å². The average molecular weight is 269 g/mol. The first kappa shape index (κ1) is 15.6. The third-order valence-electron chi connectivity index (χ3n) is 2.45. The van der Waals surface area contributed by atoms with E-state index in [0.29, 0.717) is 19.0 Å². The Kier molecular flexibility index (Phi) is 7.09. The van der Waals surface area contributed by atoms with Gasteiger partial charge in [-0.1, -0.05) is 0 Å². The van der Waals surface area contributed by atoms with Crippen LogP contribution < -0.4 is 10.6 Å². The maximum atomic E-state index is 11.6. The molecule has 7 heteroatoms. The van der Waals surface area contributed by atoms with Gasteiger partial charge in [-0.25, -0.2) is 0 Å². The summed E-state index contributed by atoms with van der Waals surface area (Å²) in [4.78, 5) is 13.7. The zero-order valence-electron chi connectivity index (χ0n) is 11.8. The second kappa shape index (κ2) is 8.63. The first-order valence-corrected chi connectivity index (χ1v) is 6.29. The summed E-state index contributed by atoms with van der Waals surface area (Å²) in [5.41, 5.74) is 0. The van der Waals surface area contributed by atoms with E-state index < -0.39 is 0 Å². The fourth-order valence-electron chi connectivity index (χ4n) is 1.42. The minimum atomic E-state index is -0.103. The van der Waals surface area contributed by atoms with E-state index in [1.165, 1.54) is 0 Å². The summed E-state index contributed by atoms with van der Waals surface area (Å²) in [6.07, 6.45) is 1.86. The van der Waals surface area contributed by atoms with Crippen LogP contribution in [0.1, 0.15) is 0 Å². The van der Waals surface area contributed by atoms with Crippen molar-refractivity contribution in [1.29, 1.82) is 0 Å². The number of rotatable bonds is 9. The largest absolute Gasteiger partial charge is 0.383 e. The normalized spacial score (nSPS) is 10.9. The molecule has 1 aromatic rings. The molecule has 0 bridgehead atoms. The number of nitrogens with one attached hydrogen (secondary N) is 2. The molecule has 1 amide bonds. The van der Waals surface area contributed by atoms with Gasteiger partial charge in [0, 0.05) is 32.5 Å². The summed E-state index contributed by atoms with van der Waals surface area (Å²) in [6, 6.07) is 1.79. The van der Waals surface area contributed by atoms with Gasteiger partial charge < -0.3 is 20.3 Å². The molecule has 0 fully saturated rings. The van der Waals surface area contributed by atoms with E-state index in [-0.39, 0.29) is 12.5 Å². The number of amides is 1. The van der Waals surface area contributed by atoms with Gasteiger partial charge in [0.15, 0.2) is 5.82 Å². The Morgan fingerprint density at radius 1 is 1.53 bits per heavy atom. The number of methoxy groups -OCH3 is 1. The molecule has 19 heavy (non-hydrogen) atoms. The highest BCUT2D eigenvalue weighted by Gasteiger charge is 2.04. The fraction of sp³-hybridized carbons (Fsp3) is 0.667. The Balaban J connectivity index is 2.26. The smallest absolute Gasteiger partial charge is 0.239 e. The van der Waals surface area contributed by atoms with Crippen LogP contribution in [0, 0.1) is 0 Å². The zero-order valence-corrected chi connectivity index (χ0v) is 11.8. The standard InChI is InChI=1S/C12H23N5O2/c1-16(2)7-8-17-6-4-11(15-17)14-12(18)10-13-5-9-19-3/h4,6,13H,5,7-10H2,1-3H3,(H,14,15,18). The van der Waals surface area contributed by atoms with Crippen LogP contribution in [0.3, 0.4) is 0 Å². The summed E-state index contributed by atoms with van der Waals surface area (Å²) in [6.45, 7) is 3.21. The van der Waals surface area contributed by atoms with Crippen LogP contribution in [-0.2, 0) is 16.1 Å². The van der Waals surface area contributed by atoms with Gasteiger partial charge in [0.2, 0.25) is 5.91 Å². The van der Waals surface area contributed by atoms with Gasteiger partial charge in [0.1, 0.15) is 0 Å². The number of carbonyl (C=O) groups is 1. The van der Waals surface area contributed by atoms with E-state index in [1.807, 2.05) is 25.0 Å². The third-order valence-corrected chi connectivity index (χ3v) is 2.45. The van der Waals surface area contributed by atoms with E-state index in [2.05, 4.69) is 20.6 Å². The summed E-state index contributed by atoms with van der Waals surface area (Å²) in [5.74, 6) is 0.478. The number of ether oxygens (including phenoxy) is 1. The molecule has 7 nitrogen and oxygen atoms in total. The number of nitrogens with zero attached hydrogens (tertiary/aromatic N) is 3. The van der Waals surface area contributed by atoms with Gasteiger partial charge in [-0.05, 0) is 14.1 Å². The second-order valence-electron chi connectivity index (χ2n) is 4.49. The van der Waals surface area contributed by atoms with E-state index in [9.17, 15) is 4.79 Å². The van der Waals surface area contributed by atoms with Crippen molar-refractivity contribution in [1.82, 2.24) is 20.0 Å². The van der Waals surface area contributed by atoms with Crippen molar-refractivity contribution < 1.29 is 9.53 Å². The minimum Gasteiger partial charge on any atom is -0.383 e. The molecule has 108 valence electrons. The summed E-state index contributed by atoms with van der Waals surface area (Å²) >= 11 is 0. The van der Waals surface area contributed by atoms with Gasteiger partial charge in [0.25, 0.3) is 0 Å². The first-order chi connectivity index (χ1) is 9.11. The second-order valence-corrected chi connectivity index (χ2v) is 4.49. The monoisotopic (exact) mass is 269 g/mol. The SMILES string of the molecule is COCCNCC(=O)Nc1ccn(CCN(C)C)n1. The molecular formula is C12H23N5O2. The maximum absolute atomic E-state index is 11.6. The van der Waals surface area contributed by atoms with Gasteiger partial charge in [-0.2, -0.15) is 5.10 Å². The number of aromatic nitrogens is 2. The molecule has 0 aromatic carbocycles. The van der Waals surface area contributed by atoms with Crippen molar-refractivity contribution >= 4 is 11.7 Å². The summed E-state index contributed by atoms with van der Waals surface area (Å²) in [5, 5.41) is 9.99. The molecule has 0 saturated heterocycles. The van der Waals surface area contributed by atoms with Crippen molar-refractivity contribution in [2.24, 2.45) is 0 Å². The molecule has 0 spiro atoms. The van der Waals surface area contributed by atoms with Crippen LogP contribution in [0.2, 0.25) is 0 Å². The summed E-state index contributed by atoms with van der Waals surface area (Å²) < 4.78 is 6.69. The molecule has 1 heterocycles. The van der Waals surface area contributed by atoms with E-state index in [1.54, 1.807) is 13.2 Å². The van der Waals surface area contributed by atoms with Crippen molar-refractivity contribution in [2.45, 2.75) is 6.54 Å². The predicted octanol–water partition coefficient (Wildman–Crippen LogP) is -0.381. The zero-order chi connectivity index (χ0) is 14.1. The molecule has 0 saturated carbocycles. The quantitative estimate of drug-likeness (QED) is 0.598. The Bertz CT molecular complexity index is 378.